The molecule has 0 bridgehead atoms. The Balaban J connectivity index is 1.85. The average Bonchev–Trinajstić information content (AvgIpc) is 2.93. The first-order chi connectivity index (χ1) is 12.2. The van der Waals surface area contributed by atoms with Gasteiger partial charge in [0.2, 0.25) is 0 Å². The van der Waals surface area contributed by atoms with Gasteiger partial charge in [0.1, 0.15) is 11.9 Å². The van der Waals surface area contributed by atoms with Crippen LogP contribution in [0.2, 0.25) is 18.1 Å². The van der Waals surface area contributed by atoms with E-state index in [-0.39, 0.29) is 17.2 Å². The third kappa shape index (κ3) is 2.65. The predicted molar refractivity (Wildman–Crippen MR) is 111 cm³/mol. The standard InChI is InChI=1S/C23H28O2Si/c1-15-10-9-12-17-18(15)14-19-16-11-7-8-13-20(16)24-21(19)22(17)25-26(5,6)23(2,3)4/h7-14,21-22H,1-6H3/t21-,22-/m1/s1. The molecule has 1 heterocycles. The van der Waals surface area contributed by atoms with Crippen LogP contribution < -0.4 is 4.74 Å². The number of fused-ring (bicyclic) bond motifs is 4. The molecule has 0 N–H and O–H groups in total. The molecule has 0 amide bonds. The van der Waals surface area contributed by atoms with E-state index in [1.165, 1.54) is 27.8 Å². The van der Waals surface area contributed by atoms with E-state index in [1.807, 2.05) is 6.07 Å². The van der Waals surface area contributed by atoms with E-state index in [0.29, 0.717) is 0 Å². The summed E-state index contributed by atoms with van der Waals surface area (Å²) in [6.07, 6.45) is 2.20. The van der Waals surface area contributed by atoms with E-state index in [0.717, 1.165) is 5.75 Å². The number of rotatable bonds is 2. The number of para-hydroxylation sites is 1. The number of hydrogen-bond donors (Lipinski definition) is 0. The molecule has 2 aromatic carbocycles. The molecule has 0 fully saturated rings. The summed E-state index contributed by atoms with van der Waals surface area (Å²) < 4.78 is 13.4. The zero-order valence-corrected chi connectivity index (χ0v) is 17.6. The summed E-state index contributed by atoms with van der Waals surface area (Å²) in [5.74, 6) is 0.970. The third-order valence-corrected chi connectivity index (χ3v) is 10.7. The zero-order valence-electron chi connectivity index (χ0n) is 16.6. The van der Waals surface area contributed by atoms with Crippen molar-refractivity contribution >= 4 is 20.0 Å². The number of hydrogen-bond acceptors (Lipinski definition) is 2. The molecule has 0 unspecified atom stereocenters. The summed E-state index contributed by atoms with van der Waals surface area (Å²) in [4.78, 5) is 0. The minimum absolute atomic E-state index is 0.0572. The molecule has 2 aromatic rings. The van der Waals surface area contributed by atoms with E-state index >= 15 is 0 Å². The molecule has 0 radical (unpaired) electrons. The monoisotopic (exact) mass is 364 g/mol. The van der Waals surface area contributed by atoms with Gasteiger partial charge >= 0.3 is 0 Å². The minimum atomic E-state index is -1.95. The number of aryl methyl sites for hydroxylation is 1. The van der Waals surface area contributed by atoms with Gasteiger partial charge in [0.25, 0.3) is 0 Å². The Hall–Kier alpha value is -1.84. The number of benzene rings is 2. The van der Waals surface area contributed by atoms with Gasteiger partial charge in [-0.1, -0.05) is 57.2 Å². The van der Waals surface area contributed by atoms with Crippen LogP contribution in [0.1, 0.15) is 49.1 Å². The molecule has 1 aliphatic carbocycles. The Morgan fingerprint density at radius 2 is 1.73 bits per heavy atom. The van der Waals surface area contributed by atoms with Crippen molar-refractivity contribution < 1.29 is 9.16 Å². The highest BCUT2D eigenvalue weighted by molar-refractivity contribution is 6.74. The van der Waals surface area contributed by atoms with Crippen LogP contribution in [-0.4, -0.2) is 14.4 Å². The van der Waals surface area contributed by atoms with Gasteiger partial charge in [0.05, 0.1) is 0 Å². The summed E-state index contributed by atoms with van der Waals surface area (Å²) in [6, 6.07) is 14.9. The predicted octanol–water partition coefficient (Wildman–Crippen LogP) is 6.37. The first-order valence-electron chi connectivity index (χ1n) is 9.44. The van der Waals surface area contributed by atoms with Gasteiger partial charge < -0.3 is 9.16 Å². The Bertz CT molecular complexity index is 889. The molecular formula is C23H28O2Si. The zero-order chi connectivity index (χ0) is 18.7. The van der Waals surface area contributed by atoms with Crippen molar-refractivity contribution in [3.05, 3.63) is 64.7 Å². The fourth-order valence-corrected chi connectivity index (χ4v) is 4.87. The van der Waals surface area contributed by atoms with E-state index in [9.17, 15) is 0 Å². The lowest BCUT2D eigenvalue weighted by Crippen LogP contribution is -2.45. The van der Waals surface area contributed by atoms with Crippen LogP contribution in [0.15, 0.2) is 42.5 Å². The SMILES string of the molecule is Cc1cccc2c1C=C1c3ccccc3O[C@H]1[C@@H]2O[Si](C)(C)C(C)(C)C. The van der Waals surface area contributed by atoms with Gasteiger partial charge in [0.15, 0.2) is 14.4 Å². The topological polar surface area (TPSA) is 18.5 Å². The van der Waals surface area contributed by atoms with Gasteiger partial charge in [-0.2, -0.15) is 0 Å². The maximum Gasteiger partial charge on any atom is 0.193 e. The molecule has 136 valence electrons. The summed E-state index contributed by atoms with van der Waals surface area (Å²) in [5, 5.41) is 0.157. The maximum absolute atomic E-state index is 6.94. The Morgan fingerprint density at radius 1 is 1.00 bits per heavy atom. The Labute approximate surface area is 158 Å². The molecule has 2 nitrogen and oxygen atoms in total. The second kappa shape index (κ2) is 5.83. The summed E-state index contributed by atoms with van der Waals surface area (Å²) in [5.41, 5.74) is 6.31. The van der Waals surface area contributed by atoms with Crippen molar-refractivity contribution in [3.8, 4) is 5.75 Å². The molecule has 26 heavy (non-hydrogen) atoms. The minimum Gasteiger partial charge on any atom is -0.482 e. The Morgan fingerprint density at radius 3 is 2.46 bits per heavy atom. The van der Waals surface area contributed by atoms with E-state index in [1.54, 1.807) is 0 Å². The van der Waals surface area contributed by atoms with Crippen molar-refractivity contribution in [2.45, 2.75) is 58.0 Å². The summed E-state index contributed by atoms with van der Waals surface area (Å²) >= 11 is 0. The van der Waals surface area contributed by atoms with E-state index in [4.69, 9.17) is 9.16 Å². The van der Waals surface area contributed by atoms with Crippen LogP contribution in [-0.2, 0) is 4.43 Å². The molecule has 4 rings (SSSR count). The van der Waals surface area contributed by atoms with Gasteiger partial charge in [-0.05, 0) is 53.9 Å². The fourth-order valence-electron chi connectivity index (χ4n) is 3.63. The Kier molecular flexibility index (Phi) is 3.94. The van der Waals surface area contributed by atoms with Crippen molar-refractivity contribution in [1.29, 1.82) is 0 Å². The van der Waals surface area contributed by atoms with Crippen LogP contribution >= 0.6 is 0 Å². The molecule has 1 aliphatic heterocycles. The maximum atomic E-state index is 6.94. The van der Waals surface area contributed by atoms with Crippen LogP contribution in [0.25, 0.3) is 11.6 Å². The molecular weight excluding hydrogens is 336 g/mol. The lowest BCUT2D eigenvalue weighted by molar-refractivity contribution is 0.0834. The quantitative estimate of drug-likeness (QED) is 0.576. The fraction of sp³-hybridized carbons (Fsp3) is 0.391. The van der Waals surface area contributed by atoms with E-state index in [2.05, 4.69) is 83.3 Å². The molecule has 0 saturated heterocycles. The largest absolute Gasteiger partial charge is 0.482 e. The molecule has 0 saturated carbocycles. The van der Waals surface area contributed by atoms with Crippen LogP contribution in [0.5, 0.6) is 5.75 Å². The van der Waals surface area contributed by atoms with Crippen molar-refractivity contribution in [1.82, 2.24) is 0 Å². The molecule has 2 atom stereocenters. The lowest BCUT2D eigenvalue weighted by atomic mass is 9.84. The van der Waals surface area contributed by atoms with Gasteiger partial charge in [-0.15, -0.1) is 0 Å². The lowest BCUT2D eigenvalue weighted by Gasteiger charge is -2.42. The second-order valence-electron chi connectivity index (χ2n) is 9.01. The van der Waals surface area contributed by atoms with Crippen molar-refractivity contribution in [3.63, 3.8) is 0 Å². The van der Waals surface area contributed by atoms with Crippen LogP contribution in [0, 0.1) is 6.92 Å². The van der Waals surface area contributed by atoms with Crippen LogP contribution in [0.3, 0.4) is 0 Å². The smallest absolute Gasteiger partial charge is 0.193 e. The molecule has 2 aliphatic rings. The van der Waals surface area contributed by atoms with Crippen molar-refractivity contribution in [2.24, 2.45) is 0 Å². The summed E-state index contributed by atoms with van der Waals surface area (Å²) in [6.45, 7) is 13.7. The van der Waals surface area contributed by atoms with E-state index < -0.39 is 8.32 Å². The van der Waals surface area contributed by atoms with Gasteiger partial charge in [0, 0.05) is 11.1 Å². The first kappa shape index (κ1) is 17.6. The molecule has 0 aromatic heterocycles. The highest BCUT2D eigenvalue weighted by Crippen LogP contribution is 2.51. The first-order valence-corrected chi connectivity index (χ1v) is 12.3. The van der Waals surface area contributed by atoms with Crippen molar-refractivity contribution in [2.75, 3.05) is 0 Å². The normalized spacial score (nSPS) is 21.4. The second-order valence-corrected chi connectivity index (χ2v) is 13.8. The molecule has 3 heteroatoms. The average molecular weight is 365 g/mol. The molecule has 0 spiro atoms. The highest BCUT2D eigenvalue weighted by atomic mass is 28.4. The summed E-state index contributed by atoms with van der Waals surface area (Å²) in [7, 11) is -1.95. The third-order valence-electron chi connectivity index (χ3n) is 6.23. The van der Waals surface area contributed by atoms with Gasteiger partial charge in [-0.25, -0.2) is 0 Å². The van der Waals surface area contributed by atoms with Crippen LogP contribution in [0.4, 0.5) is 0 Å². The van der Waals surface area contributed by atoms with Gasteiger partial charge in [-0.3, -0.25) is 0 Å². The highest BCUT2D eigenvalue weighted by Gasteiger charge is 2.46. The number of ether oxygens (including phenoxy) is 1.